The summed E-state index contributed by atoms with van der Waals surface area (Å²) >= 11 is 0. The zero-order chi connectivity index (χ0) is 17.8. The number of nitro groups is 1. The molecule has 0 radical (unpaired) electrons. The first-order chi connectivity index (χ1) is 12.1. The smallest absolute Gasteiger partial charge is 0.296 e. The Bertz CT molecular complexity index is 945. The third kappa shape index (κ3) is 3.30. The van der Waals surface area contributed by atoms with Crippen molar-refractivity contribution in [3.8, 4) is 11.8 Å². The average molecular weight is 334 g/mol. The summed E-state index contributed by atoms with van der Waals surface area (Å²) in [5.41, 5.74) is 1.24. The van der Waals surface area contributed by atoms with E-state index in [1.54, 1.807) is 30.1 Å². The molecule has 3 aromatic rings. The molecule has 1 aromatic heterocycles. The number of hydrogen-bond acceptors (Lipinski definition) is 6. The maximum Gasteiger partial charge on any atom is 0.296 e. The first-order valence-corrected chi connectivity index (χ1v) is 7.46. The highest BCUT2D eigenvalue weighted by atomic mass is 16.6. The molecule has 8 nitrogen and oxygen atoms in total. The molecule has 0 fully saturated rings. The van der Waals surface area contributed by atoms with Crippen molar-refractivity contribution in [1.29, 1.82) is 5.26 Å². The van der Waals surface area contributed by atoms with E-state index in [0.717, 1.165) is 10.4 Å². The lowest BCUT2D eigenvalue weighted by Crippen LogP contribution is -2.18. The van der Waals surface area contributed by atoms with Crippen LogP contribution < -0.4 is 4.90 Å². The third-order valence-electron chi connectivity index (χ3n) is 3.62. The predicted octanol–water partition coefficient (Wildman–Crippen LogP) is 2.68. The molecule has 25 heavy (non-hydrogen) atoms. The molecule has 3 rings (SSSR count). The van der Waals surface area contributed by atoms with E-state index in [1.165, 1.54) is 6.07 Å². The van der Waals surface area contributed by atoms with Crippen molar-refractivity contribution in [1.82, 2.24) is 15.0 Å². The Balaban J connectivity index is 1.98. The fourth-order valence-corrected chi connectivity index (χ4v) is 2.46. The number of rotatable bonds is 5. The van der Waals surface area contributed by atoms with Crippen molar-refractivity contribution in [2.75, 3.05) is 11.9 Å². The second-order valence-electron chi connectivity index (χ2n) is 5.36. The maximum absolute atomic E-state index is 11.2. The third-order valence-corrected chi connectivity index (χ3v) is 3.62. The first kappa shape index (κ1) is 16.1. The second-order valence-corrected chi connectivity index (χ2v) is 5.36. The number of nitrogens with zero attached hydrogens (tertiary/aromatic N) is 6. The molecule has 0 spiro atoms. The topological polar surface area (TPSA) is 101 Å². The highest BCUT2D eigenvalue weighted by Gasteiger charge is 2.21. The van der Waals surface area contributed by atoms with E-state index < -0.39 is 4.92 Å². The van der Waals surface area contributed by atoms with Gasteiger partial charge in [-0.05, 0) is 11.6 Å². The number of anilines is 1. The van der Waals surface area contributed by atoms with Crippen LogP contribution in [-0.4, -0.2) is 27.0 Å². The molecular weight excluding hydrogens is 320 g/mol. The minimum atomic E-state index is -0.502. The summed E-state index contributed by atoms with van der Waals surface area (Å²) in [7, 11) is 1.79. The van der Waals surface area contributed by atoms with E-state index in [4.69, 9.17) is 0 Å². The molecular formula is C17H14N6O2. The predicted molar refractivity (Wildman–Crippen MR) is 91.3 cm³/mol. The van der Waals surface area contributed by atoms with Gasteiger partial charge in [-0.3, -0.25) is 10.1 Å². The Labute approximate surface area is 143 Å². The summed E-state index contributed by atoms with van der Waals surface area (Å²) in [6, 6.07) is 17.9. The zero-order valence-corrected chi connectivity index (χ0v) is 13.4. The highest BCUT2D eigenvalue weighted by Crippen LogP contribution is 2.24. The molecule has 0 saturated heterocycles. The van der Waals surface area contributed by atoms with Gasteiger partial charge in [0.05, 0.1) is 4.92 Å². The van der Waals surface area contributed by atoms with Crippen molar-refractivity contribution in [2.24, 2.45) is 0 Å². The number of benzene rings is 2. The standard InChI is InChI=1S/C17H14N6O2/c1-21(12-13-7-3-2-4-8-13)17-14(11-18)19-22(20-17)15-9-5-6-10-16(15)23(24)25/h2-10H,12H2,1H3. The summed E-state index contributed by atoms with van der Waals surface area (Å²) in [5.74, 6) is 0.365. The van der Waals surface area contributed by atoms with Gasteiger partial charge in [0.15, 0.2) is 11.5 Å². The molecule has 0 aliphatic rings. The normalized spacial score (nSPS) is 10.2. The van der Waals surface area contributed by atoms with Gasteiger partial charge in [-0.1, -0.05) is 42.5 Å². The van der Waals surface area contributed by atoms with Gasteiger partial charge in [0.1, 0.15) is 6.07 Å². The Morgan fingerprint density at radius 1 is 1.16 bits per heavy atom. The molecule has 0 bridgehead atoms. The van der Waals surface area contributed by atoms with E-state index in [0.29, 0.717) is 12.4 Å². The number of para-hydroxylation sites is 2. The van der Waals surface area contributed by atoms with E-state index in [9.17, 15) is 15.4 Å². The maximum atomic E-state index is 11.2. The average Bonchev–Trinajstić information content (AvgIpc) is 3.07. The zero-order valence-electron chi connectivity index (χ0n) is 13.4. The van der Waals surface area contributed by atoms with Crippen molar-refractivity contribution >= 4 is 11.5 Å². The van der Waals surface area contributed by atoms with E-state index >= 15 is 0 Å². The molecule has 0 aliphatic carbocycles. The summed E-state index contributed by atoms with van der Waals surface area (Å²) in [5, 5.41) is 28.9. The lowest BCUT2D eigenvalue weighted by molar-refractivity contribution is -0.384. The number of hydrogen-bond donors (Lipinski definition) is 0. The van der Waals surface area contributed by atoms with Crippen LogP contribution in [0.3, 0.4) is 0 Å². The lowest BCUT2D eigenvalue weighted by Gasteiger charge is -2.15. The number of nitriles is 1. The molecule has 124 valence electrons. The molecule has 1 heterocycles. The van der Waals surface area contributed by atoms with Crippen molar-refractivity contribution < 1.29 is 4.92 Å². The van der Waals surface area contributed by atoms with Gasteiger partial charge in [-0.15, -0.1) is 15.0 Å². The van der Waals surface area contributed by atoms with Crippen molar-refractivity contribution in [3.05, 3.63) is 76.0 Å². The molecule has 0 N–H and O–H groups in total. The molecule has 8 heteroatoms. The summed E-state index contributed by atoms with van der Waals surface area (Å²) in [6.07, 6.45) is 0. The minimum Gasteiger partial charge on any atom is -0.351 e. The molecule has 0 saturated carbocycles. The van der Waals surface area contributed by atoms with Crippen LogP contribution in [0.1, 0.15) is 11.3 Å². The summed E-state index contributed by atoms with van der Waals surface area (Å²) < 4.78 is 0. The van der Waals surface area contributed by atoms with Gasteiger partial charge < -0.3 is 4.90 Å². The van der Waals surface area contributed by atoms with Gasteiger partial charge in [0.25, 0.3) is 5.69 Å². The SMILES string of the molecule is CN(Cc1ccccc1)c1nn(-c2ccccc2[N+](=O)[O-])nc1C#N. The second kappa shape index (κ2) is 6.80. The van der Waals surface area contributed by atoms with Crippen LogP contribution in [0, 0.1) is 21.4 Å². The first-order valence-electron chi connectivity index (χ1n) is 7.46. The molecule has 0 aliphatic heterocycles. The van der Waals surface area contributed by atoms with Gasteiger partial charge >= 0.3 is 0 Å². The fourth-order valence-electron chi connectivity index (χ4n) is 2.46. The van der Waals surface area contributed by atoms with Crippen LogP contribution >= 0.6 is 0 Å². The Morgan fingerprint density at radius 2 is 1.84 bits per heavy atom. The molecule has 2 aromatic carbocycles. The van der Waals surface area contributed by atoms with E-state index in [2.05, 4.69) is 10.2 Å². The number of nitro benzene ring substituents is 1. The van der Waals surface area contributed by atoms with Crippen LogP contribution in [-0.2, 0) is 6.54 Å². The summed E-state index contributed by atoms with van der Waals surface area (Å²) in [6.45, 7) is 0.533. The Morgan fingerprint density at radius 3 is 2.52 bits per heavy atom. The lowest BCUT2D eigenvalue weighted by atomic mass is 10.2. The molecule has 0 atom stereocenters. The fraction of sp³-hybridized carbons (Fsp3) is 0.118. The van der Waals surface area contributed by atoms with Gasteiger partial charge in [-0.25, -0.2) is 0 Å². The number of aromatic nitrogens is 3. The Kier molecular flexibility index (Phi) is 4.39. The molecule has 0 amide bonds. The monoisotopic (exact) mass is 334 g/mol. The van der Waals surface area contributed by atoms with Gasteiger partial charge in [-0.2, -0.15) is 5.26 Å². The van der Waals surface area contributed by atoms with Crippen LogP contribution in [0.2, 0.25) is 0 Å². The van der Waals surface area contributed by atoms with Crippen LogP contribution in [0.25, 0.3) is 5.69 Å². The molecule has 0 unspecified atom stereocenters. The largest absolute Gasteiger partial charge is 0.351 e. The van der Waals surface area contributed by atoms with E-state index in [-0.39, 0.29) is 17.1 Å². The van der Waals surface area contributed by atoms with Crippen LogP contribution in [0.4, 0.5) is 11.5 Å². The minimum absolute atomic E-state index is 0.108. The summed E-state index contributed by atoms with van der Waals surface area (Å²) in [4.78, 5) is 13.6. The van der Waals surface area contributed by atoms with Gasteiger partial charge in [0.2, 0.25) is 5.69 Å². The van der Waals surface area contributed by atoms with E-state index in [1.807, 2.05) is 36.4 Å². The quantitative estimate of drug-likeness (QED) is 0.525. The highest BCUT2D eigenvalue weighted by molar-refractivity contribution is 5.54. The van der Waals surface area contributed by atoms with Crippen molar-refractivity contribution in [2.45, 2.75) is 6.54 Å². The Hall–Kier alpha value is -3.73. The van der Waals surface area contributed by atoms with Crippen LogP contribution in [0.5, 0.6) is 0 Å². The van der Waals surface area contributed by atoms with Gasteiger partial charge in [0, 0.05) is 19.7 Å². The van der Waals surface area contributed by atoms with Crippen molar-refractivity contribution in [3.63, 3.8) is 0 Å². The van der Waals surface area contributed by atoms with Crippen LogP contribution in [0.15, 0.2) is 54.6 Å².